The molecule has 0 aliphatic carbocycles. The number of hydrogen-bond acceptors (Lipinski definition) is 3. The zero-order chi connectivity index (χ0) is 18.7. The van der Waals surface area contributed by atoms with Crippen LogP contribution in [0.1, 0.15) is 45.1 Å². The monoisotopic (exact) mass is 348 g/mol. The first-order valence-corrected chi connectivity index (χ1v) is 8.84. The number of carbonyl (C=O) groups is 1. The molecule has 0 aliphatic heterocycles. The Morgan fingerprint density at radius 2 is 1.76 bits per heavy atom. The Labute approximate surface area is 151 Å². The van der Waals surface area contributed by atoms with Crippen LogP contribution in [0.2, 0.25) is 0 Å². The molecule has 1 rings (SSSR count). The lowest BCUT2D eigenvalue weighted by atomic mass is 9.98. The van der Waals surface area contributed by atoms with Gasteiger partial charge in [-0.25, -0.2) is 0 Å². The molecule has 0 radical (unpaired) electrons. The molecular weight excluding hydrogens is 316 g/mol. The second-order valence-corrected chi connectivity index (χ2v) is 6.36. The average Bonchev–Trinajstić information content (AvgIpc) is 2.59. The molecule has 0 bridgehead atoms. The Morgan fingerprint density at radius 1 is 1.12 bits per heavy atom. The van der Waals surface area contributed by atoms with Gasteiger partial charge in [0.05, 0.1) is 7.11 Å². The van der Waals surface area contributed by atoms with Crippen molar-refractivity contribution in [2.45, 2.75) is 45.6 Å². The molecule has 0 aromatic heterocycles. The van der Waals surface area contributed by atoms with Crippen molar-refractivity contribution in [3.8, 4) is 5.75 Å². The van der Waals surface area contributed by atoms with Crippen LogP contribution >= 0.6 is 0 Å². The molecule has 1 atom stereocenters. The number of guanidine groups is 1. The van der Waals surface area contributed by atoms with Crippen LogP contribution in [0.4, 0.5) is 0 Å². The lowest BCUT2D eigenvalue weighted by Gasteiger charge is -2.15. The summed E-state index contributed by atoms with van der Waals surface area (Å²) in [6.45, 7) is 7.48. The quantitative estimate of drug-likeness (QED) is 0.473. The van der Waals surface area contributed by atoms with E-state index in [4.69, 9.17) is 4.74 Å². The lowest BCUT2D eigenvalue weighted by molar-refractivity contribution is -0.121. The molecule has 0 aliphatic rings. The van der Waals surface area contributed by atoms with E-state index in [0.29, 0.717) is 18.9 Å². The van der Waals surface area contributed by atoms with E-state index in [-0.39, 0.29) is 11.9 Å². The van der Waals surface area contributed by atoms with Crippen LogP contribution < -0.4 is 20.7 Å². The molecule has 3 N–H and O–H groups in total. The van der Waals surface area contributed by atoms with Gasteiger partial charge in [-0.05, 0) is 43.9 Å². The Balaban J connectivity index is 2.28. The number of rotatable bonds is 9. The van der Waals surface area contributed by atoms with Crippen LogP contribution in [-0.4, -0.2) is 45.2 Å². The largest absolute Gasteiger partial charge is 0.497 e. The van der Waals surface area contributed by atoms with Gasteiger partial charge in [0.2, 0.25) is 5.91 Å². The van der Waals surface area contributed by atoms with Crippen molar-refractivity contribution >= 4 is 11.9 Å². The summed E-state index contributed by atoms with van der Waals surface area (Å²) in [6.07, 6.45) is 1.42. The molecule has 0 saturated carbocycles. The first-order valence-electron chi connectivity index (χ1n) is 8.84. The van der Waals surface area contributed by atoms with E-state index in [1.165, 1.54) is 5.56 Å². The molecule has 0 spiro atoms. The van der Waals surface area contributed by atoms with Crippen LogP contribution in [0.5, 0.6) is 5.75 Å². The molecule has 6 nitrogen and oxygen atoms in total. The van der Waals surface area contributed by atoms with Gasteiger partial charge in [-0.15, -0.1) is 0 Å². The fraction of sp³-hybridized carbons (Fsp3) is 0.579. The van der Waals surface area contributed by atoms with Gasteiger partial charge < -0.3 is 20.7 Å². The Bertz CT molecular complexity index is 541. The third-order valence-corrected chi connectivity index (χ3v) is 3.87. The van der Waals surface area contributed by atoms with Crippen LogP contribution in [0.15, 0.2) is 29.3 Å². The second-order valence-electron chi connectivity index (χ2n) is 6.36. The third kappa shape index (κ3) is 8.42. The molecule has 1 amide bonds. The minimum Gasteiger partial charge on any atom is -0.497 e. The number of carbonyl (C=O) groups excluding carboxylic acids is 1. The molecule has 25 heavy (non-hydrogen) atoms. The van der Waals surface area contributed by atoms with Crippen molar-refractivity contribution in [3.63, 3.8) is 0 Å². The van der Waals surface area contributed by atoms with Gasteiger partial charge in [0.25, 0.3) is 0 Å². The maximum absolute atomic E-state index is 11.6. The predicted molar refractivity (Wildman–Crippen MR) is 103 cm³/mol. The van der Waals surface area contributed by atoms with Crippen molar-refractivity contribution in [2.75, 3.05) is 27.2 Å². The molecule has 1 unspecified atom stereocenters. The van der Waals surface area contributed by atoms with Crippen molar-refractivity contribution in [3.05, 3.63) is 29.8 Å². The van der Waals surface area contributed by atoms with Gasteiger partial charge in [-0.3, -0.25) is 9.79 Å². The first-order chi connectivity index (χ1) is 12.0. The molecule has 140 valence electrons. The van der Waals surface area contributed by atoms with E-state index < -0.39 is 0 Å². The van der Waals surface area contributed by atoms with Crippen molar-refractivity contribution < 1.29 is 9.53 Å². The van der Waals surface area contributed by atoms with E-state index in [9.17, 15) is 4.79 Å². The number of ether oxygens (including phenoxy) is 1. The fourth-order valence-corrected chi connectivity index (χ4v) is 2.42. The summed E-state index contributed by atoms with van der Waals surface area (Å²) in [7, 11) is 3.41. The van der Waals surface area contributed by atoms with Crippen LogP contribution in [-0.2, 0) is 4.79 Å². The first kappa shape index (κ1) is 20.8. The molecule has 0 heterocycles. The van der Waals surface area contributed by atoms with E-state index in [1.807, 2.05) is 26.0 Å². The Kier molecular flexibility index (Phi) is 9.43. The normalized spacial score (nSPS) is 12.6. The highest BCUT2D eigenvalue weighted by Crippen LogP contribution is 2.21. The maximum Gasteiger partial charge on any atom is 0.221 e. The van der Waals surface area contributed by atoms with Crippen LogP contribution in [0, 0.1) is 0 Å². The highest BCUT2D eigenvalue weighted by Gasteiger charge is 2.07. The minimum absolute atomic E-state index is 0.0473. The molecule has 1 aromatic carbocycles. The van der Waals surface area contributed by atoms with E-state index in [1.54, 1.807) is 14.2 Å². The molecule has 0 saturated heterocycles. The van der Waals surface area contributed by atoms with Crippen LogP contribution in [0.25, 0.3) is 0 Å². The molecule has 6 heteroatoms. The van der Waals surface area contributed by atoms with Gasteiger partial charge in [0, 0.05) is 32.6 Å². The van der Waals surface area contributed by atoms with E-state index >= 15 is 0 Å². The van der Waals surface area contributed by atoms with Gasteiger partial charge in [0.15, 0.2) is 5.96 Å². The predicted octanol–water partition coefficient (Wildman–Crippen LogP) is 2.27. The fourth-order valence-electron chi connectivity index (χ4n) is 2.42. The lowest BCUT2D eigenvalue weighted by Crippen LogP contribution is -2.40. The van der Waals surface area contributed by atoms with Crippen LogP contribution in [0.3, 0.4) is 0 Å². The average molecular weight is 348 g/mol. The number of nitrogens with zero attached hydrogens (tertiary/aromatic N) is 1. The molecular formula is C19H32N4O2. The summed E-state index contributed by atoms with van der Waals surface area (Å²) in [4.78, 5) is 15.8. The Morgan fingerprint density at radius 3 is 2.32 bits per heavy atom. The molecule has 0 fully saturated rings. The highest BCUT2D eigenvalue weighted by atomic mass is 16.5. The summed E-state index contributed by atoms with van der Waals surface area (Å²) in [5.74, 6) is 2.08. The third-order valence-electron chi connectivity index (χ3n) is 3.87. The summed E-state index contributed by atoms with van der Waals surface area (Å²) >= 11 is 0. The number of aliphatic imine (C=N–C) groups is 1. The highest BCUT2D eigenvalue weighted by molar-refractivity contribution is 5.81. The smallest absolute Gasteiger partial charge is 0.221 e. The van der Waals surface area contributed by atoms with Gasteiger partial charge in [-0.2, -0.15) is 0 Å². The topological polar surface area (TPSA) is 74.8 Å². The summed E-state index contributed by atoms with van der Waals surface area (Å²) in [5, 5.41) is 9.32. The van der Waals surface area contributed by atoms with E-state index in [0.717, 1.165) is 24.7 Å². The number of nitrogens with one attached hydrogen (secondary N) is 3. The van der Waals surface area contributed by atoms with Crippen molar-refractivity contribution in [2.24, 2.45) is 4.99 Å². The van der Waals surface area contributed by atoms with E-state index in [2.05, 4.69) is 40.0 Å². The zero-order valence-corrected chi connectivity index (χ0v) is 16.1. The zero-order valence-electron chi connectivity index (χ0n) is 16.1. The minimum atomic E-state index is 0.0473. The standard InChI is InChI=1S/C19H32N4O2/c1-14(2)23-18(24)11-13-22-19(20-4)21-12-10-15(3)16-6-8-17(25-5)9-7-16/h6-9,14-15H,10-13H2,1-5H3,(H,23,24)(H2,20,21,22). The Hall–Kier alpha value is -2.24. The van der Waals surface area contributed by atoms with Gasteiger partial charge >= 0.3 is 0 Å². The van der Waals surface area contributed by atoms with Gasteiger partial charge in [0.1, 0.15) is 5.75 Å². The number of amides is 1. The van der Waals surface area contributed by atoms with Crippen molar-refractivity contribution in [1.82, 2.24) is 16.0 Å². The summed E-state index contributed by atoms with van der Waals surface area (Å²) in [5.41, 5.74) is 1.29. The maximum atomic E-state index is 11.6. The molecule has 1 aromatic rings. The number of methoxy groups -OCH3 is 1. The summed E-state index contributed by atoms with van der Waals surface area (Å²) < 4.78 is 5.19. The number of hydrogen-bond donors (Lipinski definition) is 3. The van der Waals surface area contributed by atoms with Crippen molar-refractivity contribution in [1.29, 1.82) is 0 Å². The number of benzene rings is 1. The second kappa shape index (κ2) is 11.3. The van der Waals surface area contributed by atoms with Gasteiger partial charge in [-0.1, -0.05) is 19.1 Å². The SMILES string of the molecule is CN=C(NCCC(=O)NC(C)C)NCCC(C)c1ccc(OC)cc1. The summed E-state index contributed by atoms with van der Waals surface area (Å²) in [6, 6.07) is 8.35.